The Morgan fingerprint density at radius 2 is 1.86 bits per heavy atom. The van der Waals surface area contributed by atoms with E-state index in [2.05, 4.69) is 20.8 Å². The van der Waals surface area contributed by atoms with Crippen LogP contribution >= 0.6 is 11.6 Å². The molecule has 1 aromatic rings. The van der Waals surface area contributed by atoms with E-state index in [-0.39, 0.29) is 0 Å². The second-order valence-corrected chi connectivity index (χ2v) is 6.68. The minimum absolute atomic E-state index is 0.298. The van der Waals surface area contributed by atoms with Gasteiger partial charge in [0.2, 0.25) is 0 Å². The summed E-state index contributed by atoms with van der Waals surface area (Å²) < 4.78 is 12.0. The Kier molecular flexibility index (Phi) is 6.22. The molecule has 0 bridgehead atoms. The van der Waals surface area contributed by atoms with Gasteiger partial charge >= 0.3 is 0 Å². The maximum Gasteiger partial charge on any atom is 0.127 e. The van der Waals surface area contributed by atoms with Crippen molar-refractivity contribution in [2.75, 3.05) is 6.61 Å². The van der Waals surface area contributed by atoms with Crippen LogP contribution in [0, 0.1) is 11.8 Å². The van der Waals surface area contributed by atoms with Crippen LogP contribution in [-0.2, 0) is 5.88 Å². The SMILES string of the molecule is CCCOc1ccc(CCl)c(OC2CC(C)CC(C)C2)c1. The Morgan fingerprint density at radius 1 is 1.14 bits per heavy atom. The summed E-state index contributed by atoms with van der Waals surface area (Å²) in [7, 11) is 0. The molecule has 0 N–H and O–H groups in total. The van der Waals surface area contributed by atoms with Crippen molar-refractivity contribution in [2.45, 2.75) is 58.4 Å². The fourth-order valence-electron chi connectivity index (χ4n) is 3.21. The van der Waals surface area contributed by atoms with Crippen LogP contribution in [0.1, 0.15) is 52.0 Å². The summed E-state index contributed by atoms with van der Waals surface area (Å²) in [5.74, 6) is 3.71. The smallest absolute Gasteiger partial charge is 0.127 e. The Bertz CT molecular complexity index is 437. The molecule has 1 aliphatic carbocycles. The van der Waals surface area contributed by atoms with E-state index in [4.69, 9.17) is 21.1 Å². The number of halogens is 1. The highest BCUT2D eigenvalue weighted by molar-refractivity contribution is 6.17. The third-order valence-electron chi connectivity index (χ3n) is 4.08. The molecule has 0 aromatic heterocycles. The lowest BCUT2D eigenvalue weighted by molar-refractivity contribution is 0.0999. The number of hydrogen-bond acceptors (Lipinski definition) is 2. The first-order chi connectivity index (χ1) is 10.1. The lowest BCUT2D eigenvalue weighted by Crippen LogP contribution is -2.28. The van der Waals surface area contributed by atoms with Gasteiger partial charge in [-0.1, -0.05) is 26.8 Å². The molecule has 21 heavy (non-hydrogen) atoms. The van der Waals surface area contributed by atoms with Gasteiger partial charge in [0.15, 0.2) is 0 Å². The van der Waals surface area contributed by atoms with Crippen molar-refractivity contribution in [3.8, 4) is 11.5 Å². The summed E-state index contributed by atoms with van der Waals surface area (Å²) in [4.78, 5) is 0. The van der Waals surface area contributed by atoms with Crippen LogP contribution in [0.3, 0.4) is 0 Å². The van der Waals surface area contributed by atoms with E-state index in [9.17, 15) is 0 Å². The van der Waals surface area contributed by atoms with Gasteiger partial charge in [0.05, 0.1) is 18.6 Å². The highest BCUT2D eigenvalue weighted by Gasteiger charge is 2.25. The summed E-state index contributed by atoms with van der Waals surface area (Å²) in [6, 6.07) is 5.99. The van der Waals surface area contributed by atoms with Crippen molar-refractivity contribution in [1.82, 2.24) is 0 Å². The molecule has 1 aromatic carbocycles. The van der Waals surface area contributed by atoms with E-state index in [1.54, 1.807) is 0 Å². The van der Waals surface area contributed by atoms with Crippen molar-refractivity contribution in [2.24, 2.45) is 11.8 Å². The second-order valence-electron chi connectivity index (χ2n) is 6.41. The average molecular weight is 311 g/mol. The number of hydrogen-bond donors (Lipinski definition) is 0. The predicted octanol–water partition coefficient (Wildman–Crippen LogP) is 5.42. The molecule has 0 saturated heterocycles. The molecule has 0 spiro atoms. The van der Waals surface area contributed by atoms with Gasteiger partial charge in [0.25, 0.3) is 0 Å². The maximum absolute atomic E-state index is 6.27. The molecule has 2 nitrogen and oxygen atoms in total. The Morgan fingerprint density at radius 3 is 2.48 bits per heavy atom. The van der Waals surface area contributed by atoms with Crippen molar-refractivity contribution in [3.63, 3.8) is 0 Å². The first-order valence-electron chi connectivity index (χ1n) is 8.10. The van der Waals surface area contributed by atoms with Crippen molar-refractivity contribution < 1.29 is 9.47 Å². The zero-order valence-electron chi connectivity index (χ0n) is 13.4. The first-order valence-corrected chi connectivity index (χ1v) is 8.64. The molecule has 1 fully saturated rings. The largest absolute Gasteiger partial charge is 0.493 e. The van der Waals surface area contributed by atoms with Crippen LogP contribution in [0.25, 0.3) is 0 Å². The third-order valence-corrected chi connectivity index (χ3v) is 4.37. The minimum Gasteiger partial charge on any atom is -0.493 e. The molecule has 2 atom stereocenters. The summed E-state index contributed by atoms with van der Waals surface area (Å²) in [6.07, 6.45) is 4.87. The lowest BCUT2D eigenvalue weighted by Gasteiger charge is -2.32. The number of rotatable bonds is 6. The third kappa shape index (κ3) is 4.81. The lowest BCUT2D eigenvalue weighted by atomic mass is 9.82. The van der Waals surface area contributed by atoms with Gasteiger partial charge in [0.1, 0.15) is 11.5 Å². The highest BCUT2D eigenvalue weighted by Crippen LogP contribution is 2.34. The van der Waals surface area contributed by atoms with E-state index < -0.39 is 0 Å². The van der Waals surface area contributed by atoms with Gasteiger partial charge in [-0.25, -0.2) is 0 Å². The van der Waals surface area contributed by atoms with Crippen LogP contribution in [0.5, 0.6) is 11.5 Å². The molecule has 0 radical (unpaired) electrons. The van der Waals surface area contributed by atoms with Gasteiger partial charge in [-0.2, -0.15) is 0 Å². The quantitative estimate of drug-likeness (QED) is 0.653. The molecule has 2 unspecified atom stereocenters. The van der Waals surface area contributed by atoms with E-state index in [1.165, 1.54) is 6.42 Å². The number of benzene rings is 1. The van der Waals surface area contributed by atoms with E-state index in [0.717, 1.165) is 54.8 Å². The molecule has 1 aliphatic rings. The summed E-state index contributed by atoms with van der Waals surface area (Å²) in [5.41, 5.74) is 1.05. The van der Waals surface area contributed by atoms with Crippen molar-refractivity contribution >= 4 is 11.6 Å². The molecule has 2 rings (SSSR count). The van der Waals surface area contributed by atoms with Gasteiger partial charge in [-0.15, -0.1) is 11.6 Å². The summed E-state index contributed by atoms with van der Waals surface area (Å²) in [6.45, 7) is 7.47. The van der Waals surface area contributed by atoms with Gasteiger partial charge in [0, 0.05) is 11.6 Å². The number of alkyl halides is 1. The molecule has 3 heteroatoms. The van der Waals surface area contributed by atoms with E-state index in [0.29, 0.717) is 12.0 Å². The van der Waals surface area contributed by atoms with Crippen molar-refractivity contribution in [1.29, 1.82) is 0 Å². The van der Waals surface area contributed by atoms with Gasteiger partial charge < -0.3 is 9.47 Å². The first kappa shape index (κ1) is 16.5. The zero-order chi connectivity index (χ0) is 15.2. The number of ether oxygens (including phenoxy) is 2. The summed E-state index contributed by atoms with van der Waals surface area (Å²) >= 11 is 6.04. The Balaban J connectivity index is 2.09. The fraction of sp³-hybridized carbons (Fsp3) is 0.667. The maximum atomic E-state index is 6.27. The van der Waals surface area contributed by atoms with Crippen LogP contribution in [0.15, 0.2) is 18.2 Å². The Hall–Kier alpha value is -0.890. The highest BCUT2D eigenvalue weighted by atomic mass is 35.5. The molecule has 0 amide bonds. The second kappa shape index (κ2) is 7.93. The van der Waals surface area contributed by atoms with Crippen LogP contribution in [0.4, 0.5) is 0 Å². The van der Waals surface area contributed by atoms with Crippen LogP contribution in [-0.4, -0.2) is 12.7 Å². The normalized spacial score (nSPS) is 25.6. The van der Waals surface area contributed by atoms with E-state index >= 15 is 0 Å². The van der Waals surface area contributed by atoms with E-state index in [1.807, 2.05) is 18.2 Å². The van der Waals surface area contributed by atoms with Crippen molar-refractivity contribution in [3.05, 3.63) is 23.8 Å². The van der Waals surface area contributed by atoms with Crippen LogP contribution < -0.4 is 9.47 Å². The molecule has 0 aliphatic heterocycles. The Labute approximate surface area is 133 Å². The zero-order valence-corrected chi connectivity index (χ0v) is 14.2. The standard InChI is InChI=1S/C18H27ClO2/c1-4-7-20-16-6-5-15(12-19)18(11-16)21-17-9-13(2)8-14(3)10-17/h5-6,11,13-14,17H,4,7-10,12H2,1-3H3. The molecular formula is C18H27ClO2. The monoisotopic (exact) mass is 310 g/mol. The van der Waals surface area contributed by atoms with Gasteiger partial charge in [-0.05, 0) is 43.6 Å². The molecule has 0 heterocycles. The average Bonchev–Trinajstić information content (AvgIpc) is 2.44. The van der Waals surface area contributed by atoms with Crippen LogP contribution in [0.2, 0.25) is 0 Å². The fourth-order valence-corrected chi connectivity index (χ4v) is 3.43. The minimum atomic E-state index is 0.298. The van der Waals surface area contributed by atoms with Gasteiger partial charge in [-0.3, -0.25) is 0 Å². The topological polar surface area (TPSA) is 18.5 Å². The molecule has 1 saturated carbocycles. The predicted molar refractivity (Wildman–Crippen MR) is 88.4 cm³/mol. The molecule has 118 valence electrons. The summed E-state index contributed by atoms with van der Waals surface area (Å²) in [5, 5.41) is 0. The molecular weight excluding hydrogens is 284 g/mol.